The second-order valence-electron chi connectivity index (χ2n) is 3.24. The highest BCUT2D eigenvalue weighted by molar-refractivity contribution is 8.01. The van der Waals surface area contributed by atoms with Crippen LogP contribution in [0.15, 0.2) is 40.2 Å². The Hall–Kier alpha value is -1.33. The minimum atomic E-state index is 0.104. The number of aromatic nitrogens is 1. The molecule has 0 saturated heterocycles. The molecular formula is C12H11NO2S2. The van der Waals surface area contributed by atoms with Crippen LogP contribution in [0.5, 0.6) is 5.75 Å². The molecule has 0 aliphatic carbocycles. The highest BCUT2D eigenvalue weighted by Crippen LogP contribution is 2.21. The van der Waals surface area contributed by atoms with Crippen LogP contribution in [0, 0.1) is 0 Å². The smallest absolute Gasteiger partial charge is 0.173 e. The van der Waals surface area contributed by atoms with E-state index in [-0.39, 0.29) is 5.78 Å². The third kappa shape index (κ3) is 3.31. The Kier molecular flexibility index (Phi) is 4.17. The first-order valence-corrected chi connectivity index (χ1v) is 6.85. The number of ether oxygens (including phenoxy) is 1. The van der Waals surface area contributed by atoms with Gasteiger partial charge in [-0.3, -0.25) is 4.79 Å². The van der Waals surface area contributed by atoms with Crippen LogP contribution in [-0.2, 0) is 0 Å². The van der Waals surface area contributed by atoms with Crippen LogP contribution in [0.1, 0.15) is 10.4 Å². The van der Waals surface area contributed by atoms with Crippen molar-refractivity contribution in [2.45, 2.75) is 4.34 Å². The minimum Gasteiger partial charge on any atom is -0.497 e. The molecule has 1 aromatic heterocycles. The Labute approximate surface area is 108 Å². The van der Waals surface area contributed by atoms with Crippen molar-refractivity contribution in [3.8, 4) is 5.75 Å². The van der Waals surface area contributed by atoms with Gasteiger partial charge in [-0.15, -0.1) is 11.3 Å². The molecule has 5 heteroatoms. The SMILES string of the molecule is COc1ccc(C(=O)CSc2nccs2)cc1. The molecule has 0 atom stereocenters. The predicted octanol–water partition coefficient (Wildman–Crippen LogP) is 3.13. The lowest BCUT2D eigenvalue weighted by molar-refractivity contribution is 0.102. The fourth-order valence-electron chi connectivity index (χ4n) is 1.27. The maximum atomic E-state index is 11.9. The molecule has 88 valence electrons. The molecule has 0 aliphatic heterocycles. The molecule has 0 saturated carbocycles. The van der Waals surface area contributed by atoms with Gasteiger partial charge in [0.2, 0.25) is 0 Å². The molecule has 0 fully saturated rings. The van der Waals surface area contributed by atoms with Crippen molar-refractivity contribution in [2.75, 3.05) is 12.9 Å². The van der Waals surface area contributed by atoms with E-state index in [2.05, 4.69) is 4.98 Å². The summed E-state index contributed by atoms with van der Waals surface area (Å²) in [5.41, 5.74) is 0.704. The van der Waals surface area contributed by atoms with E-state index in [9.17, 15) is 4.79 Å². The summed E-state index contributed by atoms with van der Waals surface area (Å²) >= 11 is 3.01. The molecule has 0 amide bonds. The van der Waals surface area contributed by atoms with Crippen molar-refractivity contribution in [3.05, 3.63) is 41.4 Å². The zero-order valence-corrected chi connectivity index (χ0v) is 10.9. The van der Waals surface area contributed by atoms with Crippen LogP contribution >= 0.6 is 23.1 Å². The van der Waals surface area contributed by atoms with Gasteiger partial charge in [-0.25, -0.2) is 4.98 Å². The van der Waals surface area contributed by atoms with Crippen LogP contribution in [0.25, 0.3) is 0 Å². The standard InChI is InChI=1S/C12H11NO2S2/c1-15-10-4-2-9(3-5-10)11(14)8-17-12-13-6-7-16-12/h2-7H,8H2,1H3. The Balaban J connectivity index is 1.95. The highest BCUT2D eigenvalue weighted by atomic mass is 32.2. The predicted molar refractivity (Wildman–Crippen MR) is 70.2 cm³/mol. The summed E-state index contributed by atoms with van der Waals surface area (Å²) in [5, 5.41) is 1.90. The first-order valence-electron chi connectivity index (χ1n) is 4.99. The fourth-order valence-corrected chi connectivity index (χ4v) is 2.80. The summed E-state index contributed by atoms with van der Waals surface area (Å²) in [4.78, 5) is 16.0. The number of thiazole rings is 1. The Morgan fingerprint density at radius 1 is 1.41 bits per heavy atom. The number of nitrogens with zero attached hydrogens (tertiary/aromatic N) is 1. The second-order valence-corrected chi connectivity index (χ2v) is 5.36. The maximum absolute atomic E-state index is 11.9. The normalized spacial score (nSPS) is 10.2. The molecule has 0 N–H and O–H groups in total. The monoisotopic (exact) mass is 265 g/mol. The number of thioether (sulfide) groups is 1. The quantitative estimate of drug-likeness (QED) is 0.615. The highest BCUT2D eigenvalue weighted by Gasteiger charge is 2.07. The molecule has 1 heterocycles. The van der Waals surface area contributed by atoms with E-state index in [0.717, 1.165) is 10.1 Å². The van der Waals surface area contributed by atoms with Gasteiger partial charge in [0.25, 0.3) is 0 Å². The molecule has 2 aromatic rings. The summed E-state index contributed by atoms with van der Waals surface area (Å²) in [5.74, 6) is 1.28. The van der Waals surface area contributed by atoms with Gasteiger partial charge in [0, 0.05) is 17.1 Å². The number of carbonyl (C=O) groups excluding carboxylic acids is 1. The molecule has 17 heavy (non-hydrogen) atoms. The van der Waals surface area contributed by atoms with Crippen LogP contribution in [0.4, 0.5) is 0 Å². The molecule has 0 aliphatic rings. The van der Waals surface area contributed by atoms with Crippen molar-refractivity contribution in [3.63, 3.8) is 0 Å². The van der Waals surface area contributed by atoms with Crippen molar-refractivity contribution < 1.29 is 9.53 Å². The van der Waals surface area contributed by atoms with Gasteiger partial charge in [0.1, 0.15) is 10.1 Å². The van der Waals surface area contributed by atoms with E-state index in [1.54, 1.807) is 48.9 Å². The number of benzene rings is 1. The van der Waals surface area contributed by atoms with E-state index in [1.165, 1.54) is 11.8 Å². The number of ketones is 1. The number of hydrogen-bond donors (Lipinski definition) is 0. The van der Waals surface area contributed by atoms with Gasteiger partial charge in [-0.2, -0.15) is 0 Å². The summed E-state index contributed by atoms with van der Waals surface area (Å²) < 4.78 is 5.97. The van der Waals surface area contributed by atoms with Gasteiger partial charge >= 0.3 is 0 Å². The third-order valence-electron chi connectivity index (χ3n) is 2.15. The first kappa shape index (κ1) is 12.1. The van der Waals surface area contributed by atoms with Crippen LogP contribution in [0.2, 0.25) is 0 Å². The van der Waals surface area contributed by atoms with Gasteiger partial charge in [0.15, 0.2) is 5.78 Å². The maximum Gasteiger partial charge on any atom is 0.173 e. The molecule has 0 radical (unpaired) electrons. The van der Waals surface area contributed by atoms with Crippen LogP contribution in [0.3, 0.4) is 0 Å². The van der Waals surface area contributed by atoms with Crippen molar-refractivity contribution in [1.82, 2.24) is 4.98 Å². The number of methoxy groups -OCH3 is 1. The number of rotatable bonds is 5. The molecule has 3 nitrogen and oxygen atoms in total. The largest absolute Gasteiger partial charge is 0.497 e. The molecule has 0 bridgehead atoms. The molecular weight excluding hydrogens is 254 g/mol. The first-order chi connectivity index (χ1) is 8.29. The second kappa shape index (κ2) is 5.84. The van der Waals surface area contributed by atoms with Gasteiger partial charge < -0.3 is 4.74 Å². The van der Waals surface area contributed by atoms with Crippen LogP contribution < -0.4 is 4.74 Å². The van der Waals surface area contributed by atoms with Crippen molar-refractivity contribution in [1.29, 1.82) is 0 Å². The number of hydrogen-bond acceptors (Lipinski definition) is 5. The Bertz CT molecular complexity index is 480. The lowest BCUT2D eigenvalue weighted by Crippen LogP contribution is -2.01. The van der Waals surface area contributed by atoms with E-state index < -0.39 is 0 Å². The fraction of sp³-hybridized carbons (Fsp3) is 0.167. The summed E-state index contributed by atoms with van der Waals surface area (Å²) in [6, 6.07) is 7.15. The zero-order valence-electron chi connectivity index (χ0n) is 9.25. The molecule has 1 aromatic carbocycles. The lowest BCUT2D eigenvalue weighted by atomic mass is 10.1. The van der Waals surface area contributed by atoms with Gasteiger partial charge in [-0.1, -0.05) is 11.8 Å². The van der Waals surface area contributed by atoms with E-state index in [0.29, 0.717) is 11.3 Å². The van der Waals surface area contributed by atoms with Gasteiger partial charge in [0.05, 0.1) is 12.9 Å². The zero-order chi connectivity index (χ0) is 12.1. The van der Waals surface area contributed by atoms with Gasteiger partial charge in [-0.05, 0) is 24.3 Å². The van der Waals surface area contributed by atoms with E-state index >= 15 is 0 Å². The molecule has 0 spiro atoms. The lowest BCUT2D eigenvalue weighted by Gasteiger charge is -2.02. The molecule has 0 unspecified atom stereocenters. The molecule has 2 rings (SSSR count). The summed E-state index contributed by atoms with van der Waals surface area (Å²) in [7, 11) is 1.61. The Morgan fingerprint density at radius 3 is 2.76 bits per heavy atom. The summed E-state index contributed by atoms with van der Waals surface area (Å²) in [6.07, 6.45) is 1.74. The van der Waals surface area contributed by atoms with E-state index in [4.69, 9.17) is 4.74 Å². The number of carbonyl (C=O) groups is 1. The van der Waals surface area contributed by atoms with Crippen molar-refractivity contribution in [2.24, 2.45) is 0 Å². The average Bonchev–Trinajstić information content (AvgIpc) is 2.89. The van der Waals surface area contributed by atoms with Crippen molar-refractivity contribution >= 4 is 28.9 Å². The topological polar surface area (TPSA) is 39.2 Å². The third-order valence-corrected chi connectivity index (χ3v) is 4.11. The average molecular weight is 265 g/mol. The number of Topliss-reactive ketones (excluding diaryl/α,β-unsaturated/α-hetero) is 1. The summed E-state index contributed by atoms with van der Waals surface area (Å²) in [6.45, 7) is 0. The van der Waals surface area contributed by atoms with E-state index in [1.807, 2.05) is 5.38 Å². The van der Waals surface area contributed by atoms with Crippen LogP contribution in [-0.4, -0.2) is 23.6 Å². The minimum absolute atomic E-state index is 0.104. The Morgan fingerprint density at radius 2 is 2.18 bits per heavy atom.